The molecule has 0 fully saturated rings. The van der Waals surface area contributed by atoms with Gasteiger partial charge in [0.05, 0.1) is 11.4 Å². The van der Waals surface area contributed by atoms with E-state index < -0.39 is 0 Å². The summed E-state index contributed by atoms with van der Waals surface area (Å²) < 4.78 is 5.19. The fourth-order valence-electron chi connectivity index (χ4n) is 2.07. The van der Waals surface area contributed by atoms with Crippen LogP contribution in [0.5, 0.6) is 0 Å². The molecule has 2 aromatic heterocycles. The van der Waals surface area contributed by atoms with Crippen LogP contribution in [0.4, 0.5) is 0 Å². The Balaban J connectivity index is 2.02. The van der Waals surface area contributed by atoms with Crippen LogP contribution in [0.2, 0.25) is 0 Å². The van der Waals surface area contributed by atoms with Crippen LogP contribution in [0, 0.1) is 27.7 Å². The Kier molecular flexibility index (Phi) is 3.82. The zero-order valence-corrected chi connectivity index (χ0v) is 12.3. The van der Waals surface area contributed by atoms with Crippen LogP contribution >= 0.6 is 11.3 Å². The van der Waals surface area contributed by atoms with E-state index in [0.717, 1.165) is 34.3 Å². The summed E-state index contributed by atoms with van der Waals surface area (Å²) in [4.78, 5) is 5.81. The number of nitrogens with one attached hydrogen (secondary N) is 1. The average molecular weight is 265 g/mol. The molecule has 0 aliphatic carbocycles. The molecule has 0 radical (unpaired) electrons. The molecule has 0 spiro atoms. The van der Waals surface area contributed by atoms with Crippen molar-refractivity contribution in [2.24, 2.45) is 0 Å². The molecule has 98 valence electrons. The van der Waals surface area contributed by atoms with Crippen molar-refractivity contribution in [1.82, 2.24) is 15.5 Å². The maximum absolute atomic E-state index is 5.19. The van der Waals surface area contributed by atoms with Crippen molar-refractivity contribution in [2.45, 2.75) is 47.2 Å². The standard InChI is InChI=1S/C13H19N3OS/c1-7-11(5)18-12(15-7)6-14-8(2)13-9(3)16-17-10(13)4/h8,14H,6H2,1-5H3. The van der Waals surface area contributed by atoms with Crippen LogP contribution in [0.1, 0.15) is 45.6 Å². The first kappa shape index (κ1) is 13.2. The normalized spacial score (nSPS) is 12.9. The van der Waals surface area contributed by atoms with Gasteiger partial charge in [0.2, 0.25) is 0 Å². The van der Waals surface area contributed by atoms with Gasteiger partial charge in [-0.15, -0.1) is 11.3 Å². The van der Waals surface area contributed by atoms with Gasteiger partial charge >= 0.3 is 0 Å². The molecule has 2 heterocycles. The second-order valence-electron chi connectivity index (χ2n) is 4.59. The lowest BCUT2D eigenvalue weighted by Crippen LogP contribution is -2.19. The van der Waals surface area contributed by atoms with Gasteiger partial charge < -0.3 is 9.84 Å². The Bertz CT molecular complexity index is 505. The van der Waals surface area contributed by atoms with Crippen LogP contribution in [0.15, 0.2) is 4.52 Å². The molecule has 5 heteroatoms. The molecule has 1 N–H and O–H groups in total. The number of thiazole rings is 1. The van der Waals surface area contributed by atoms with E-state index in [4.69, 9.17) is 4.52 Å². The first-order chi connectivity index (χ1) is 8.49. The summed E-state index contributed by atoms with van der Waals surface area (Å²) in [6.45, 7) is 11.0. The molecule has 0 aliphatic heterocycles. The van der Waals surface area contributed by atoms with E-state index in [0.29, 0.717) is 0 Å². The number of hydrogen-bond acceptors (Lipinski definition) is 5. The van der Waals surface area contributed by atoms with Gasteiger partial charge in [-0.2, -0.15) is 0 Å². The van der Waals surface area contributed by atoms with Crippen LogP contribution in [-0.2, 0) is 6.54 Å². The fraction of sp³-hybridized carbons (Fsp3) is 0.538. The summed E-state index contributed by atoms with van der Waals surface area (Å²) >= 11 is 1.75. The third kappa shape index (κ3) is 2.62. The highest BCUT2D eigenvalue weighted by Gasteiger charge is 2.16. The summed E-state index contributed by atoms with van der Waals surface area (Å²) in [5.41, 5.74) is 3.24. The van der Waals surface area contributed by atoms with E-state index in [2.05, 4.69) is 29.3 Å². The third-order valence-corrected chi connectivity index (χ3v) is 4.23. The monoisotopic (exact) mass is 265 g/mol. The predicted molar refractivity (Wildman–Crippen MR) is 72.8 cm³/mol. The van der Waals surface area contributed by atoms with Gasteiger partial charge in [-0.05, 0) is 34.6 Å². The minimum Gasteiger partial charge on any atom is -0.361 e. The van der Waals surface area contributed by atoms with Gasteiger partial charge in [-0.3, -0.25) is 0 Å². The predicted octanol–water partition coefficient (Wildman–Crippen LogP) is 3.22. The van der Waals surface area contributed by atoms with Gasteiger partial charge in [0.25, 0.3) is 0 Å². The molecular weight excluding hydrogens is 246 g/mol. The molecule has 1 atom stereocenters. The highest BCUT2D eigenvalue weighted by atomic mass is 32.1. The molecule has 2 rings (SSSR count). The van der Waals surface area contributed by atoms with Gasteiger partial charge in [0.1, 0.15) is 10.8 Å². The summed E-state index contributed by atoms with van der Waals surface area (Å²) in [5.74, 6) is 0.888. The second kappa shape index (κ2) is 5.20. The Morgan fingerprint density at radius 2 is 1.94 bits per heavy atom. The van der Waals surface area contributed by atoms with Gasteiger partial charge in [0.15, 0.2) is 0 Å². The van der Waals surface area contributed by atoms with Crippen LogP contribution in [0.25, 0.3) is 0 Å². The second-order valence-corrected chi connectivity index (χ2v) is 5.88. The largest absolute Gasteiger partial charge is 0.361 e. The molecule has 0 amide bonds. The van der Waals surface area contributed by atoms with Gasteiger partial charge in [-0.25, -0.2) is 4.98 Å². The minimum absolute atomic E-state index is 0.223. The van der Waals surface area contributed by atoms with Crippen LogP contribution in [-0.4, -0.2) is 10.1 Å². The Hall–Kier alpha value is -1.20. The van der Waals surface area contributed by atoms with Gasteiger partial charge in [-0.1, -0.05) is 5.16 Å². The van der Waals surface area contributed by atoms with Crippen molar-refractivity contribution in [3.8, 4) is 0 Å². The van der Waals surface area contributed by atoms with E-state index in [9.17, 15) is 0 Å². The highest BCUT2D eigenvalue weighted by Crippen LogP contribution is 2.22. The molecule has 18 heavy (non-hydrogen) atoms. The quantitative estimate of drug-likeness (QED) is 0.922. The van der Waals surface area contributed by atoms with Crippen molar-refractivity contribution in [2.75, 3.05) is 0 Å². The Morgan fingerprint density at radius 3 is 2.44 bits per heavy atom. The molecule has 0 aliphatic rings. The van der Waals surface area contributed by atoms with E-state index in [1.807, 2.05) is 20.8 Å². The maximum atomic E-state index is 5.19. The fourth-order valence-corrected chi connectivity index (χ4v) is 2.95. The zero-order chi connectivity index (χ0) is 13.3. The topological polar surface area (TPSA) is 51.0 Å². The zero-order valence-electron chi connectivity index (χ0n) is 11.5. The molecule has 4 nitrogen and oxygen atoms in total. The van der Waals surface area contributed by atoms with E-state index >= 15 is 0 Å². The first-order valence-electron chi connectivity index (χ1n) is 6.08. The van der Waals surface area contributed by atoms with Crippen molar-refractivity contribution in [3.05, 3.63) is 32.6 Å². The Labute approximate surface area is 111 Å². The third-order valence-electron chi connectivity index (χ3n) is 3.15. The lowest BCUT2D eigenvalue weighted by Gasteiger charge is -2.12. The van der Waals surface area contributed by atoms with Crippen molar-refractivity contribution in [3.63, 3.8) is 0 Å². The van der Waals surface area contributed by atoms with Crippen molar-refractivity contribution in [1.29, 1.82) is 0 Å². The smallest absolute Gasteiger partial charge is 0.138 e. The number of hydrogen-bond donors (Lipinski definition) is 1. The number of aryl methyl sites for hydroxylation is 4. The van der Waals surface area contributed by atoms with Gasteiger partial charge in [0, 0.05) is 23.0 Å². The average Bonchev–Trinajstić information content (AvgIpc) is 2.80. The minimum atomic E-state index is 0.223. The first-order valence-corrected chi connectivity index (χ1v) is 6.89. The molecule has 0 saturated heterocycles. The lowest BCUT2D eigenvalue weighted by atomic mass is 10.1. The summed E-state index contributed by atoms with van der Waals surface area (Å²) in [5, 5.41) is 8.58. The summed E-state index contributed by atoms with van der Waals surface area (Å²) in [6, 6.07) is 0.223. The SMILES string of the molecule is Cc1nc(CNC(C)c2c(C)noc2C)sc1C. The summed E-state index contributed by atoms with van der Waals surface area (Å²) in [7, 11) is 0. The molecular formula is C13H19N3OS. The number of aromatic nitrogens is 2. The van der Waals surface area contributed by atoms with Crippen molar-refractivity contribution >= 4 is 11.3 Å². The molecule has 0 saturated carbocycles. The molecule has 0 aromatic carbocycles. The Morgan fingerprint density at radius 1 is 1.22 bits per heavy atom. The van der Waals surface area contributed by atoms with Crippen molar-refractivity contribution < 1.29 is 4.52 Å². The maximum Gasteiger partial charge on any atom is 0.138 e. The summed E-state index contributed by atoms with van der Waals surface area (Å²) in [6.07, 6.45) is 0. The molecule has 0 bridgehead atoms. The number of rotatable bonds is 4. The van der Waals surface area contributed by atoms with Crippen LogP contribution in [0.3, 0.4) is 0 Å². The lowest BCUT2D eigenvalue weighted by molar-refractivity contribution is 0.390. The van der Waals surface area contributed by atoms with Crippen LogP contribution < -0.4 is 5.32 Å². The van der Waals surface area contributed by atoms with E-state index in [1.54, 1.807) is 11.3 Å². The van der Waals surface area contributed by atoms with E-state index in [1.165, 1.54) is 4.88 Å². The highest BCUT2D eigenvalue weighted by molar-refractivity contribution is 7.11. The molecule has 1 unspecified atom stereocenters. The van der Waals surface area contributed by atoms with E-state index in [-0.39, 0.29) is 6.04 Å². The number of nitrogens with zero attached hydrogens (tertiary/aromatic N) is 2. The molecule has 2 aromatic rings.